The molecular formula is C23H26N2O7. The number of benzene rings is 2. The lowest BCUT2D eigenvalue weighted by Crippen LogP contribution is -2.22. The van der Waals surface area contributed by atoms with E-state index in [0.29, 0.717) is 28.3 Å². The predicted octanol–water partition coefficient (Wildman–Crippen LogP) is 2.55. The Bertz CT molecular complexity index is 984. The first kappa shape index (κ1) is 24.4. The van der Waals surface area contributed by atoms with Crippen molar-refractivity contribution in [2.45, 2.75) is 12.8 Å². The number of carbonyl (C=O) groups excluding carboxylic acids is 4. The van der Waals surface area contributed by atoms with E-state index < -0.39 is 18.5 Å². The number of ether oxygens (including phenoxy) is 3. The number of hydrogen-bond acceptors (Lipinski definition) is 7. The summed E-state index contributed by atoms with van der Waals surface area (Å²) in [6.07, 6.45) is -0.237. The summed E-state index contributed by atoms with van der Waals surface area (Å²) in [7, 11) is 6.25. The van der Waals surface area contributed by atoms with E-state index in [1.807, 2.05) is 0 Å². The van der Waals surface area contributed by atoms with E-state index in [4.69, 9.17) is 14.2 Å². The zero-order valence-corrected chi connectivity index (χ0v) is 18.5. The molecule has 1 N–H and O–H groups in total. The number of amides is 2. The Labute approximate surface area is 186 Å². The van der Waals surface area contributed by atoms with E-state index in [1.165, 1.54) is 25.2 Å². The van der Waals surface area contributed by atoms with Crippen molar-refractivity contribution in [2.75, 3.05) is 40.2 Å². The highest BCUT2D eigenvalue weighted by atomic mass is 16.5. The largest absolute Gasteiger partial charge is 0.493 e. The number of ketones is 1. The lowest BCUT2D eigenvalue weighted by atomic mass is 10.1. The maximum Gasteiger partial charge on any atom is 0.306 e. The minimum Gasteiger partial charge on any atom is -0.493 e. The second-order valence-electron chi connectivity index (χ2n) is 6.98. The van der Waals surface area contributed by atoms with E-state index in [-0.39, 0.29) is 24.5 Å². The van der Waals surface area contributed by atoms with Crippen LogP contribution in [-0.4, -0.2) is 63.4 Å². The smallest absolute Gasteiger partial charge is 0.306 e. The number of carbonyl (C=O) groups is 4. The van der Waals surface area contributed by atoms with Gasteiger partial charge in [0.15, 0.2) is 23.9 Å². The average Bonchev–Trinajstić information content (AvgIpc) is 2.80. The van der Waals surface area contributed by atoms with Gasteiger partial charge in [-0.1, -0.05) is 0 Å². The third-order valence-electron chi connectivity index (χ3n) is 4.45. The molecular weight excluding hydrogens is 416 g/mol. The molecule has 0 spiro atoms. The van der Waals surface area contributed by atoms with Gasteiger partial charge in [0.1, 0.15) is 0 Å². The molecule has 9 nitrogen and oxygen atoms in total. The fraction of sp³-hybridized carbons (Fsp3) is 0.304. The maximum absolute atomic E-state index is 12.3. The second kappa shape index (κ2) is 11.5. The van der Waals surface area contributed by atoms with E-state index in [9.17, 15) is 19.2 Å². The van der Waals surface area contributed by atoms with Crippen LogP contribution >= 0.6 is 0 Å². The fourth-order valence-corrected chi connectivity index (χ4v) is 2.74. The van der Waals surface area contributed by atoms with Gasteiger partial charge in [0.25, 0.3) is 11.8 Å². The number of nitrogens with one attached hydrogen (secondary N) is 1. The summed E-state index contributed by atoms with van der Waals surface area (Å²) in [6, 6.07) is 11.1. The van der Waals surface area contributed by atoms with Crippen molar-refractivity contribution in [3.8, 4) is 11.5 Å². The van der Waals surface area contributed by atoms with Gasteiger partial charge in [-0.05, 0) is 42.5 Å². The Morgan fingerprint density at radius 1 is 0.844 bits per heavy atom. The van der Waals surface area contributed by atoms with E-state index >= 15 is 0 Å². The molecule has 0 saturated carbocycles. The van der Waals surface area contributed by atoms with Crippen LogP contribution < -0.4 is 14.8 Å². The zero-order chi connectivity index (χ0) is 23.7. The van der Waals surface area contributed by atoms with Crippen molar-refractivity contribution in [2.24, 2.45) is 0 Å². The molecule has 2 aromatic carbocycles. The minimum atomic E-state index is -0.666. The number of rotatable bonds is 10. The molecule has 0 aromatic heterocycles. The van der Waals surface area contributed by atoms with Crippen molar-refractivity contribution in [3.63, 3.8) is 0 Å². The van der Waals surface area contributed by atoms with Crippen LogP contribution in [0.4, 0.5) is 5.69 Å². The molecule has 9 heteroatoms. The molecule has 0 bridgehead atoms. The predicted molar refractivity (Wildman–Crippen MR) is 117 cm³/mol. The molecule has 2 aromatic rings. The molecule has 0 aliphatic carbocycles. The minimum absolute atomic E-state index is 0.0721. The zero-order valence-electron chi connectivity index (χ0n) is 18.5. The molecule has 2 rings (SSSR count). The quantitative estimate of drug-likeness (QED) is 0.445. The van der Waals surface area contributed by atoms with Crippen LogP contribution in [0.25, 0.3) is 0 Å². The molecule has 32 heavy (non-hydrogen) atoms. The highest BCUT2D eigenvalue weighted by Gasteiger charge is 2.15. The number of anilines is 1. The Balaban J connectivity index is 1.78. The Morgan fingerprint density at radius 2 is 1.47 bits per heavy atom. The summed E-state index contributed by atoms with van der Waals surface area (Å²) in [6.45, 7) is -0.484. The van der Waals surface area contributed by atoms with Gasteiger partial charge in [0.05, 0.1) is 20.6 Å². The van der Waals surface area contributed by atoms with Crippen molar-refractivity contribution in [1.29, 1.82) is 0 Å². The Kier molecular flexibility index (Phi) is 8.76. The van der Waals surface area contributed by atoms with Gasteiger partial charge in [-0.2, -0.15) is 0 Å². The number of methoxy groups -OCH3 is 2. The molecule has 0 aliphatic heterocycles. The summed E-state index contributed by atoms with van der Waals surface area (Å²) < 4.78 is 15.2. The SMILES string of the molecule is COc1ccc(C(=O)CCC(=O)OCC(=O)Nc2ccc(C(=O)N(C)C)cc2)cc1OC. The standard InChI is InChI=1S/C23H26N2O7/c1-25(2)23(29)15-5-8-17(9-6-15)24-21(27)14-32-22(28)12-10-18(26)16-7-11-19(30-3)20(13-16)31-4/h5-9,11,13H,10,12,14H2,1-4H3,(H,24,27). The lowest BCUT2D eigenvalue weighted by Gasteiger charge is -2.11. The third kappa shape index (κ3) is 6.83. The summed E-state index contributed by atoms with van der Waals surface area (Å²) >= 11 is 0. The normalized spacial score (nSPS) is 10.1. The first-order chi connectivity index (χ1) is 15.2. The van der Waals surface area contributed by atoms with Crippen LogP contribution in [0.15, 0.2) is 42.5 Å². The van der Waals surface area contributed by atoms with Crippen molar-refractivity contribution >= 4 is 29.3 Å². The van der Waals surface area contributed by atoms with Crippen LogP contribution in [0.5, 0.6) is 11.5 Å². The van der Waals surface area contributed by atoms with E-state index in [1.54, 1.807) is 50.5 Å². The third-order valence-corrected chi connectivity index (χ3v) is 4.45. The van der Waals surface area contributed by atoms with Crippen LogP contribution in [0.2, 0.25) is 0 Å². The summed E-state index contributed by atoms with van der Waals surface area (Å²) in [4.78, 5) is 49.5. The van der Waals surface area contributed by atoms with Crippen molar-refractivity contribution in [3.05, 3.63) is 53.6 Å². The van der Waals surface area contributed by atoms with E-state index in [2.05, 4.69) is 5.32 Å². The Hall–Kier alpha value is -3.88. The second-order valence-corrected chi connectivity index (χ2v) is 6.98. The number of nitrogens with zero attached hydrogens (tertiary/aromatic N) is 1. The molecule has 2 amide bonds. The number of Topliss-reactive ketones (excluding diaryl/α,β-unsaturated/α-hetero) is 1. The highest BCUT2D eigenvalue weighted by Crippen LogP contribution is 2.28. The first-order valence-corrected chi connectivity index (χ1v) is 9.77. The van der Waals surface area contributed by atoms with Crippen LogP contribution in [-0.2, 0) is 14.3 Å². The topological polar surface area (TPSA) is 111 Å². The average molecular weight is 442 g/mol. The molecule has 0 radical (unpaired) electrons. The molecule has 0 aliphatic rings. The van der Waals surface area contributed by atoms with Gasteiger partial charge in [-0.3, -0.25) is 19.2 Å². The van der Waals surface area contributed by atoms with Gasteiger partial charge in [-0.25, -0.2) is 0 Å². The monoisotopic (exact) mass is 442 g/mol. The van der Waals surface area contributed by atoms with Gasteiger partial charge in [0.2, 0.25) is 0 Å². The van der Waals surface area contributed by atoms with E-state index in [0.717, 1.165) is 0 Å². The van der Waals surface area contributed by atoms with Crippen LogP contribution in [0, 0.1) is 0 Å². The Morgan fingerprint density at radius 3 is 2.06 bits per heavy atom. The van der Waals surface area contributed by atoms with Gasteiger partial charge in [-0.15, -0.1) is 0 Å². The van der Waals surface area contributed by atoms with Crippen LogP contribution in [0.1, 0.15) is 33.6 Å². The molecule has 0 fully saturated rings. The van der Waals surface area contributed by atoms with Gasteiger partial charge in [0, 0.05) is 37.3 Å². The molecule has 170 valence electrons. The molecule has 0 atom stereocenters. The van der Waals surface area contributed by atoms with Gasteiger partial charge < -0.3 is 24.4 Å². The molecule has 0 saturated heterocycles. The van der Waals surface area contributed by atoms with Gasteiger partial charge >= 0.3 is 5.97 Å². The number of esters is 1. The van der Waals surface area contributed by atoms with Crippen molar-refractivity contribution < 1.29 is 33.4 Å². The summed E-state index contributed by atoms with van der Waals surface area (Å²) in [5.74, 6) is -0.707. The maximum atomic E-state index is 12.3. The van der Waals surface area contributed by atoms with Crippen molar-refractivity contribution in [1.82, 2.24) is 4.90 Å². The fourth-order valence-electron chi connectivity index (χ4n) is 2.74. The lowest BCUT2D eigenvalue weighted by molar-refractivity contribution is -0.147. The first-order valence-electron chi connectivity index (χ1n) is 9.77. The molecule has 0 unspecified atom stereocenters. The summed E-state index contributed by atoms with van der Waals surface area (Å²) in [5.41, 5.74) is 1.33. The highest BCUT2D eigenvalue weighted by molar-refractivity contribution is 5.98. The summed E-state index contributed by atoms with van der Waals surface area (Å²) in [5, 5.41) is 2.57. The number of hydrogen-bond donors (Lipinski definition) is 1. The van der Waals surface area contributed by atoms with Crippen LogP contribution in [0.3, 0.4) is 0 Å². The molecule has 0 heterocycles.